The summed E-state index contributed by atoms with van der Waals surface area (Å²) < 4.78 is 16.1. The molecule has 2 heteroatoms. The Labute approximate surface area is 136 Å². The summed E-state index contributed by atoms with van der Waals surface area (Å²) in [6, 6.07) is 8.36. The van der Waals surface area contributed by atoms with E-state index >= 15 is 4.39 Å². The van der Waals surface area contributed by atoms with Crippen LogP contribution in [0.5, 0.6) is 0 Å². The lowest BCUT2D eigenvalue weighted by molar-refractivity contribution is 0.279. The maximum Gasteiger partial charge on any atom is 0.136 e. The number of benzene rings is 1. The predicted molar refractivity (Wildman–Crippen MR) is 92.0 cm³/mol. The van der Waals surface area contributed by atoms with Crippen LogP contribution >= 0.6 is 15.9 Å². The molecule has 0 nitrogen and oxygen atoms in total. The topological polar surface area (TPSA) is 0 Å². The van der Waals surface area contributed by atoms with Gasteiger partial charge in [-0.1, -0.05) is 70.6 Å². The monoisotopic (exact) mass is 350 g/mol. The van der Waals surface area contributed by atoms with Crippen molar-refractivity contribution < 1.29 is 4.39 Å². The highest BCUT2D eigenvalue weighted by Gasteiger charge is 2.51. The van der Waals surface area contributed by atoms with E-state index in [1.54, 1.807) is 6.08 Å². The van der Waals surface area contributed by atoms with Gasteiger partial charge in [0.2, 0.25) is 0 Å². The summed E-state index contributed by atoms with van der Waals surface area (Å²) in [6.45, 7) is 0. The van der Waals surface area contributed by atoms with E-state index in [2.05, 4.69) is 46.3 Å². The maximum atomic E-state index is 15.1. The lowest BCUT2D eigenvalue weighted by atomic mass is 9.62. The van der Waals surface area contributed by atoms with Crippen molar-refractivity contribution in [1.82, 2.24) is 0 Å². The predicted octanol–water partition coefficient (Wildman–Crippen LogP) is 5.52. The molecular formula is C20H12BrF. The summed E-state index contributed by atoms with van der Waals surface area (Å²) in [5.41, 5.74) is 6.17. The van der Waals surface area contributed by atoms with E-state index in [1.807, 2.05) is 30.4 Å². The zero-order valence-electron chi connectivity index (χ0n) is 11.7. The number of allylic oxidation sites excluding steroid dienone is 12. The van der Waals surface area contributed by atoms with Crippen molar-refractivity contribution in [2.24, 2.45) is 5.41 Å². The van der Waals surface area contributed by atoms with E-state index in [9.17, 15) is 0 Å². The van der Waals surface area contributed by atoms with Crippen LogP contribution in [0.2, 0.25) is 0 Å². The van der Waals surface area contributed by atoms with Crippen LogP contribution in [0.1, 0.15) is 11.1 Å². The van der Waals surface area contributed by atoms with Crippen LogP contribution in [0.25, 0.3) is 11.1 Å². The number of rotatable bonds is 0. The second kappa shape index (κ2) is 4.08. The van der Waals surface area contributed by atoms with Gasteiger partial charge in [0.1, 0.15) is 6.17 Å². The zero-order valence-corrected chi connectivity index (χ0v) is 13.3. The third-order valence-corrected chi connectivity index (χ3v) is 5.74. The molecule has 4 aliphatic carbocycles. The number of hydrogen-bond acceptors (Lipinski definition) is 0. The Kier molecular flexibility index (Phi) is 2.34. The largest absolute Gasteiger partial charge is 0.241 e. The van der Waals surface area contributed by atoms with Crippen LogP contribution < -0.4 is 0 Å². The van der Waals surface area contributed by atoms with E-state index in [4.69, 9.17) is 0 Å². The third kappa shape index (κ3) is 1.28. The number of hydrogen-bond donors (Lipinski definition) is 0. The molecule has 1 aromatic carbocycles. The van der Waals surface area contributed by atoms with Crippen molar-refractivity contribution in [3.63, 3.8) is 0 Å². The zero-order chi connectivity index (χ0) is 14.9. The second-order valence-electron chi connectivity index (χ2n) is 6.00. The van der Waals surface area contributed by atoms with E-state index in [1.165, 1.54) is 11.1 Å². The molecule has 0 bridgehead atoms. The molecule has 0 radical (unpaired) electrons. The first kappa shape index (κ1) is 12.6. The summed E-state index contributed by atoms with van der Waals surface area (Å²) in [4.78, 5) is 0. The molecule has 0 aromatic heterocycles. The van der Waals surface area contributed by atoms with E-state index in [0.29, 0.717) is 0 Å². The highest BCUT2D eigenvalue weighted by Crippen LogP contribution is 2.61. The minimum Gasteiger partial charge on any atom is -0.241 e. The molecule has 0 aliphatic heterocycles. The SMILES string of the molecule is FC1C=CC(Br)=C2C=CC3=C4C(=CC=CC241)c1ccccc13. The van der Waals surface area contributed by atoms with Gasteiger partial charge in [-0.25, -0.2) is 4.39 Å². The van der Waals surface area contributed by atoms with Crippen molar-refractivity contribution in [2.75, 3.05) is 0 Å². The van der Waals surface area contributed by atoms with Gasteiger partial charge in [0.15, 0.2) is 0 Å². The van der Waals surface area contributed by atoms with Crippen molar-refractivity contribution in [1.29, 1.82) is 0 Å². The van der Waals surface area contributed by atoms with Crippen molar-refractivity contribution in [3.8, 4) is 0 Å². The Balaban J connectivity index is 1.90. The molecule has 4 aliphatic rings. The lowest BCUT2D eigenvalue weighted by Gasteiger charge is -2.42. The van der Waals surface area contributed by atoms with Crippen LogP contribution in [0, 0.1) is 5.41 Å². The first-order valence-electron chi connectivity index (χ1n) is 7.38. The Hall–Kier alpha value is -1.93. The quantitative estimate of drug-likeness (QED) is 0.577. The van der Waals surface area contributed by atoms with Gasteiger partial charge in [-0.3, -0.25) is 0 Å². The Bertz CT molecular complexity index is 907. The second-order valence-corrected chi connectivity index (χ2v) is 6.85. The molecule has 5 rings (SSSR count). The van der Waals surface area contributed by atoms with Gasteiger partial charge in [-0.05, 0) is 45.6 Å². The Morgan fingerprint density at radius 1 is 1.05 bits per heavy atom. The molecule has 106 valence electrons. The highest BCUT2D eigenvalue weighted by atomic mass is 79.9. The van der Waals surface area contributed by atoms with Gasteiger partial charge >= 0.3 is 0 Å². The molecule has 0 saturated carbocycles. The molecule has 0 saturated heterocycles. The van der Waals surface area contributed by atoms with Gasteiger partial charge in [0.05, 0.1) is 5.41 Å². The van der Waals surface area contributed by atoms with Crippen LogP contribution in [0.3, 0.4) is 0 Å². The highest BCUT2D eigenvalue weighted by molar-refractivity contribution is 9.11. The van der Waals surface area contributed by atoms with Crippen LogP contribution in [0.4, 0.5) is 4.39 Å². The fourth-order valence-electron chi connectivity index (χ4n) is 4.13. The van der Waals surface area contributed by atoms with E-state index in [0.717, 1.165) is 26.8 Å². The Morgan fingerprint density at radius 3 is 2.73 bits per heavy atom. The van der Waals surface area contributed by atoms with Gasteiger partial charge in [-0.2, -0.15) is 0 Å². The van der Waals surface area contributed by atoms with Crippen molar-refractivity contribution >= 4 is 27.1 Å². The van der Waals surface area contributed by atoms with E-state index < -0.39 is 11.6 Å². The van der Waals surface area contributed by atoms with Crippen molar-refractivity contribution in [3.05, 3.63) is 93.6 Å². The average molecular weight is 351 g/mol. The third-order valence-electron chi connectivity index (χ3n) is 5.05. The molecule has 0 N–H and O–H groups in total. The normalized spacial score (nSPS) is 30.3. The van der Waals surface area contributed by atoms with Crippen molar-refractivity contribution in [2.45, 2.75) is 6.17 Å². The molecule has 22 heavy (non-hydrogen) atoms. The van der Waals surface area contributed by atoms with E-state index in [-0.39, 0.29) is 0 Å². The number of alkyl halides is 1. The van der Waals surface area contributed by atoms with Crippen LogP contribution in [0.15, 0.2) is 82.4 Å². The van der Waals surface area contributed by atoms with Gasteiger partial charge < -0.3 is 0 Å². The summed E-state index contributed by atoms with van der Waals surface area (Å²) >= 11 is 3.61. The van der Waals surface area contributed by atoms with Gasteiger partial charge in [0.25, 0.3) is 0 Å². The average Bonchev–Trinajstić information content (AvgIpc) is 2.88. The fourth-order valence-corrected chi connectivity index (χ4v) is 4.75. The summed E-state index contributed by atoms with van der Waals surface area (Å²) in [6.07, 6.45) is 12.8. The smallest absolute Gasteiger partial charge is 0.136 e. The fraction of sp³-hybridized carbons (Fsp3) is 0.100. The van der Waals surface area contributed by atoms with Crippen LogP contribution in [-0.4, -0.2) is 6.17 Å². The summed E-state index contributed by atoms with van der Waals surface area (Å²) in [7, 11) is 0. The first-order chi connectivity index (χ1) is 10.7. The number of halogens is 2. The summed E-state index contributed by atoms with van der Waals surface area (Å²) in [5, 5.41) is 0. The van der Waals surface area contributed by atoms with Gasteiger partial charge in [-0.15, -0.1) is 0 Å². The Morgan fingerprint density at radius 2 is 1.86 bits per heavy atom. The minimum absolute atomic E-state index is 0.694. The first-order valence-corrected chi connectivity index (χ1v) is 8.18. The molecule has 0 fully saturated rings. The molecular weight excluding hydrogens is 339 g/mol. The van der Waals surface area contributed by atoms with Crippen LogP contribution in [-0.2, 0) is 0 Å². The standard InChI is InChI=1S/C20H12BrF/c21-17-9-10-18(22)20-11-3-6-14-12-4-1-2-5-13(12)15(19(14)20)7-8-16(17)20/h1-11,18H. The maximum absolute atomic E-state index is 15.1. The minimum atomic E-state index is -1.05. The molecule has 0 amide bonds. The molecule has 2 unspecified atom stereocenters. The lowest BCUT2D eigenvalue weighted by Crippen LogP contribution is -2.37. The molecule has 1 aromatic rings. The molecule has 1 spiro atoms. The molecule has 2 atom stereocenters. The summed E-state index contributed by atoms with van der Waals surface area (Å²) in [5.74, 6) is 0. The van der Waals surface area contributed by atoms with Gasteiger partial charge in [0, 0.05) is 4.48 Å². The number of fused-ring (bicyclic) bond motifs is 3. The molecule has 0 heterocycles.